The van der Waals surface area contributed by atoms with Gasteiger partial charge in [-0.05, 0) is 55.6 Å². The molecule has 3 aliphatic carbocycles. The Labute approximate surface area is 128 Å². The van der Waals surface area contributed by atoms with Gasteiger partial charge in [-0.25, -0.2) is 0 Å². The molecular weight excluding hydrogens is 317 g/mol. The maximum absolute atomic E-state index is 12.6. The molecule has 7 heteroatoms. The first kappa shape index (κ1) is 15.9. The number of halogens is 3. The van der Waals surface area contributed by atoms with Gasteiger partial charge in [-0.2, -0.15) is 21.6 Å². The number of fused-ring (bicyclic) bond motifs is 1. The van der Waals surface area contributed by atoms with E-state index in [0.29, 0.717) is 12.8 Å². The monoisotopic (exact) mass is 336 g/mol. The Kier molecular flexibility index (Phi) is 3.62. The molecule has 0 aromatic carbocycles. The number of hydrogen-bond donors (Lipinski definition) is 0. The van der Waals surface area contributed by atoms with Crippen LogP contribution in [0.25, 0.3) is 0 Å². The lowest BCUT2D eigenvalue weighted by Gasteiger charge is -2.21. The summed E-state index contributed by atoms with van der Waals surface area (Å²) in [7, 11) is -5.57. The average Bonchev–Trinajstić information content (AvgIpc) is 3.00. The van der Waals surface area contributed by atoms with E-state index in [9.17, 15) is 21.6 Å². The summed E-state index contributed by atoms with van der Waals surface area (Å²) in [5.74, 6) is 0.0155. The summed E-state index contributed by atoms with van der Waals surface area (Å²) in [5.41, 5.74) is -2.33. The first-order valence-corrected chi connectivity index (χ1v) is 8.96. The van der Waals surface area contributed by atoms with Crippen LogP contribution >= 0.6 is 0 Å². The van der Waals surface area contributed by atoms with Gasteiger partial charge in [0.05, 0.1) is 0 Å². The molecule has 3 aliphatic rings. The Bertz CT molecular complexity index is 650. The van der Waals surface area contributed by atoms with Gasteiger partial charge in [0, 0.05) is 6.42 Å². The minimum atomic E-state index is -5.57. The zero-order valence-electron chi connectivity index (χ0n) is 12.4. The smallest absolute Gasteiger partial charge is 0.380 e. The highest BCUT2D eigenvalue weighted by Gasteiger charge is 2.50. The first-order valence-electron chi connectivity index (χ1n) is 7.55. The minimum Gasteiger partial charge on any atom is -0.380 e. The minimum absolute atomic E-state index is 0.0155. The summed E-state index contributed by atoms with van der Waals surface area (Å²) in [6.07, 6.45) is 6.70. The highest BCUT2D eigenvalue weighted by molar-refractivity contribution is 7.87. The van der Waals surface area contributed by atoms with Crippen molar-refractivity contribution in [3.63, 3.8) is 0 Å². The second-order valence-electron chi connectivity index (χ2n) is 6.70. The molecule has 3 nitrogen and oxygen atoms in total. The van der Waals surface area contributed by atoms with Crippen molar-refractivity contribution >= 4 is 10.1 Å². The van der Waals surface area contributed by atoms with Crippen LogP contribution in [-0.2, 0) is 14.3 Å². The van der Waals surface area contributed by atoms with E-state index < -0.39 is 15.6 Å². The lowest BCUT2D eigenvalue weighted by atomic mass is 9.84. The lowest BCUT2D eigenvalue weighted by Crippen LogP contribution is -2.26. The Morgan fingerprint density at radius 2 is 1.64 bits per heavy atom. The zero-order valence-corrected chi connectivity index (χ0v) is 13.2. The average molecular weight is 336 g/mol. The van der Waals surface area contributed by atoms with Crippen molar-refractivity contribution in [2.24, 2.45) is 5.41 Å². The third-order valence-electron chi connectivity index (χ3n) is 5.20. The van der Waals surface area contributed by atoms with E-state index in [4.69, 9.17) is 0 Å². The van der Waals surface area contributed by atoms with E-state index in [0.717, 1.165) is 48.8 Å². The van der Waals surface area contributed by atoms with Crippen LogP contribution in [-0.4, -0.2) is 13.9 Å². The second-order valence-corrected chi connectivity index (χ2v) is 8.24. The van der Waals surface area contributed by atoms with Gasteiger partial charge in [-0.1, -0.05) is 18.4 Å². The third kappa shape index (κ3) is 2.57. The van der Waals surface area contributed by atoms with Crippen LogP contribution in [0.2, 0.25) is 0 Å². The summed E-state index contributed by atoms with van der Waals surface area (Å²) in [5, 5.41) is 0. The highest BCUT2D eigenvalue weighted by atomic mass is 32.2. The van der Waals surface area contributed by atoms with E-state index in [1.54, 1.807) is 0 Å². The quantitative estimate of drug-likeness (QED) is 0.548. The molecule has 0 amide bonds. The van der Waals surface area contributed by atoms with Crippen molar-refractivity contribution in [1.29, 1.82) is 0 Å². The fraction of sp³-hybridized carbons (Fsp3) is 0.733. The van der Waals surface area contributed by atoms with E-state index >= 15 is 0 Å². The number of rotatable bonds is 2. The SMILES string of the molecule is CC1=C2CC3(CCCC3)CC2=C(OS(=O)(=O)C(F)(F)F)CC1. The molecule has 0 bridgehead atoms. The van der Waals surface area contributed by atoms with Gasteiger partial charge >= 0.3 is 15.6 Å². The molecule has 0 unspecified atom stereocenters. The van der Waals surface area contributed by atoms with Gasteiger partial charge in [-0.15, -0.1) is 0 Å². The predicted octanol–water partition coefficient (Wildman–Crippen LogP) is 4.57. The first-order chi connectivity index (χ1) is 10.1. The zero-order chi connectivity index (χ0) is 16.2. The molecule has 2 fully saturated rings. The van der Waals surface area contributed by atoms with Crippen molar-refractivity contribution in [3.8, 4) is 0 Å². The molecule has 1 spiro atoms. The highest BCUT2D eigenvalue weighted by Crippen LogP contribution is 2.58. The maximum Gasteiger partial charge on any atom is 0.534 e. The van der Waals surface area contributed by atoms with Gasteiger partial charge in [0.15, 0.2) is 0 Å². The Hall–Kier alpha value is -0.980. The Balaban J connectivity index is 1.96. The topological polar surface area (TPSA) is 43.4 Å². The summed E-state index contributed by atoms with van der Waals surface area (Å²) in [4.78, 5) is 0. The van der Waals surface area contributed by atoms with Gasteiger partial charge < -0.3 is 4.18 Å². The standard InChI is InChI=1S/C15H19F3O3S/c1-10-4-5-13(21-22(19,20)15(16,17)18)12-9-14(8-11(10)12)6-2-3-7-14/h2-9H2,1H3. The van der Waals surface area contributed by atoms with E-state index in [2.05, 4.69) is 4.18 Å². The van der Waals surface area contributed by atoms with Gasteiger partial charge in [0.2, 0.25) is 0 Å². The van der Waals surface area contributed by atoms with Crippen molar-refractivity contribution in [2.45, 2.75) is 63.8 Å². The lowest BCUT2D eigenvalue weighted by molar-refractivity contribution is -0.0524. The second kappa shape index (κ2) is 5.01. The van der Waals surface area contributed by atoms with Gasteiger partial charge in [-0.3, -0.25) is 0 Å². The van der Waals surface area contributed by atoms with E-state index in [1.807, 2.05) is 6.92 Å². The molecule has 0 aromatic rings. The predicted molar refractivity (Wildman–Crippen MR) is 75.2 cm³/mol. The molecule has 0 aromatic heterocycles. The van der Waals surface area contributed by atoms with Crippen LogP contribution in [0, 0.1) is 5.41 Å². The van der Waals surface area contributed by atoms with Crippen LogP contribution in [0.4, 0.5) is 13.2 Å². The number of hydrogen-bond acceptors (Lipinski definition) is 3. The van der Waals surface area contributed by atoms with Crippen LogP contribution in [0.1, 0.15) is 58.3 Å². The molecule has 0 aliphatic heterocycles. The van der Waals surface area contributed by atoms with E-state index in [-0.39, 0.29) is 17.6 Å². The van der Waals surface area contributed by atoms with Crippen molar-refractivity contribution < 1.29 is 25.8 Å². The Morgan fingerprint density at radius 1 is 1.05 bits per heavy atom. The third-order valence-corrected chi connectivity index (χ3v) is 6.19. The van der Waals surface area contributed by atoms with Gasteiger partial charge in [0.1, 0.15) is 5.76 Å². The van der Waals surface area contributed by atoms with Crippen LogP contribution in [0.3, 0.4) is 0 Å². The van der Waals surface area contributed by atoms with Crippen molar-refractivity contribution in [3.05, 3.63) is 22.5 Å². The van der Waals surface area contributed by atoms with Crippen molar-refractivity contribution in [1.82, 2.24) is 0 Å². The van der Waals surface area contributed by atoms with Crippen molar-refractivity contribution in [2.75, 3.05) is 0 Å². The van der Waals surface area contributed by atoms with E-state index in [1.165, 1.54) is 0 Å². The Morgan fingerprint density at radius 3 is 2.23 bits per heavy atom. The molecule has 0 atom stereocenters. The number of allylic oxidation sites excluding steroid dienone is 4. The fourth-order valence-corrected chi connectivity index (χ4v) is 4.60. The summed E-state index contributed by atoms with van der Waals surface area (Å²) < 4.78 is 64.8. The fourth-order valence-electron chi connectivity index (χ4n) is 4.05. The summed E-state index contributed by atoms with van der Waals surface area (Å²) in [6, 6.07) is 0. The molecule has 2 saturated carbocycles. The molecule has 0 N–H and O–H groups in total. The summed E-state index contributed by atoms with van der Waals surface area (Å²) in [6.45, 7) is 1.98. The number of alkyl halides is 3. The molecule has 0 heterocycles. The normalized spacial score (nSPS) is 25.1. The maximum atomic E-state index is 12.6. The molecule has 0 radical (unpaired) electrons. The van der Waals surface area contributed by atoms with Crippen LogP contribution in [0.5, 0.6) is 0 Å². The molecular formula is C15H19F3O3S. The van der Waals surface area contributed by atoms with Crippen LogP contribution < -0.4 is 0 Å². The summed E-state index contributed by atoms with van der Waals surface area (Å²) >= 11 is 0. The largest absolute Gasteiger partial charge is 0.534 e. The van der Waals surface area contributed by atoms with Gasteiger partial charge in [0.25, 0.3) is 0 Å². The molecule has 3 rings (SSSR count). The van der Waals surface area contributed by atoms with Crippen LogP contribution in [0.15, 0.2) is 22.5 Å². The molecule has 0 saturated heterocycles. The molecule has 22 heavy (non-hydrogen) atoms. The molecule has 124 valence electrons.